The highest BCUT2D eigenvalue weighted by atomic mass is 19.4. The van der Waals surface area contributed by atoms with Crippen LogP contribution in [0.2, 0.25) is 0 Å². The molecule has 2 unspecified atom stereocenters. The van der Waals surface area contributed by atoms with Gasteiger partial charge in [0.25, 0.3) is 0 Å². The van der Waals surface area contributed by atoms with Gasteiger partial charge in [0, 0.05) is 0 Å². The standard InChI is InChI=1S/C19H23F3N2O2/c20-19(21,22)16(12-25)17-9-15(14-3-1-2-13(8-14)11-23)10-18(26-17)4-6-24-7-5-18/h1-3,8,15-17,24-25H,4-7,9-10,12H2/t15?,16?,17-/m1/s1. The van der Waals surface area contributed by atoms with Crippen molar-refractivity contribution in [2.24, 2.45) is 5.92 Å². The number of hydrogen-bond acceptors (Lipinski definition) is 4. The second kappa shape index (κ2) is 7.55. The summed E-state index contributed by atoms with van der Waals surface area (Å²) in [5.41, 5.74) is 0.758. The number of nitriles is 1. The van der Waals surface area contributed by atoms with Crippen molar-refractivity contribution in [2.45, 2.75) is 49.5 Å². The fraction of sp³-hybridized carbons (Fsp3) is 0.632. The molecule has 7 heteroatoms. The maximum atomic E-state index is 13.4. The predicted molar refractivity (Wildman–Crippen MR) is 89.5 cm³/mol. The van der Waals surface area contributed by atoms with Gasteiger partial charge in [-0.3, -0.25) is 0 Å². The highest BCUT2D eigenvalue weighted by molar-refractivity contribution is 5.35. The van der Waals surface area contributed by atoms with Gasteiger partial charge in [0.1, 0.15) is 5.92 Å². The van der Waals surface area contributed by atoms with Crippen molar-refractivity contribution in [3.63, 3.8) is 0 Å². The molecule has 26 heavy (non-hydrogen) atoms. The molecule has 3 atom stereocenters. The van der Waals surface area contributed by atoms with E-state index in [0.717, 1.165) is 5.56 Å². The van der Waals surface area contributed by atoms with E-state index in [-0.39, 0.29) is 12.3 Å². The van der Waals surface area contributed by atoms with Crippen molar-refractivity contribution in [1.82, 2.24) is 5.32 Å². The summed E-state index contributed by atoms with van der Waals surface area (Å²) in [6.07, 6.45) is -3.47. The van der Waals surface area contributed by atoms with E-state index in [1.165, 1.54) is 0 Å². The Kier molecular flexibility index (Phi) is 5.56. The molecular formula is C19H23F3N2O2. The second-order valence-corrected chi connectivity index (χ2v) is 7.29. The number of benzene rings is 1. The van der Waals surface area contributed by atoms with Crippen molar-refractivity contribution in [3.8, 4) is 6.07 Å². The largest absolute Gasteiger partial charge is 0.396 e. The van der Waals surface area contributed by atoms with Crippen molar-refractivity contribution < 1.29 is 23.0 Å². The minimum Gasteiger partial charge on any atom is -0.396 e. The molecule has 0 aliphatic carbocycles. The van der Waals surface area contributed by atoms with Crippen LogP contribution >= 0.6 is 0 Å². The summed E-state index contributed by atoms with van der Waals surface area (Å²) in [6, 6.07) is 9.16. The van der Waals surface area contributed by atoms with Gasteiger partial charge in [-0.15, -0.1) is 0 Å². The molecule has 2 aliphatic rings. The first-order valence-electron chi connectivity index (χ1n) is 8.93. The lowest BCUT2D eigenvalue weighted by molar-refractivity contribution is -0.251. The Balaban J connectivity index is 1.92. The molecule has 1 aromatic carbocycles. The first-order valence-corrected chi connectivity index (χ1v) is 8.93. The lowest BCUT2D eigenvalue weighted by Crippen LogP contribution is -2.53. The number of piperidine rings is 1. The summed E-state index contributed by atoms with van der Waals surface area (Å²) in [5.74, 6) is -2.02. The van der Waals surface area contributed by atoms with Gasteiger partial charge in [0.05, 0.1) is 29.9 Å². The number of alkyl halides is 3. The van der Waals surface area contributed by atoms with Crippen LogP contribution in [-0.4, -0.2) is 42.7 Å². The van der Waals surface area contributed by atoms with E-state index in [0.29, 0.717) is 37.9 Å². The monoisotopic (exact) mass is 368 g/mol. The normalized spacial score (nSPS) is 27.0. The second-order valence-electron chi connectivity index (χ2n) is 7.29. The maximum absolute atomic E-state index is 13.4. The molecule has 2 saturated heterocycles. The Morgan fingerprint density at radius 3 is 2.69 bits per heavy atom. The number of nitrogens with zero attached hydrogens (tertiary/aromatic N) is 1. The third kappa shape index (κ3) is 4.03. The topological polar surface area (TPSA) is 65.3 Å². The lowest BCUT2D eigenvalue weighted by Gasteiger charge is -2.49. The minimum absolute atomic E-state index is 0.128. The molecule has 0 aromatic heterocycles. The molecule has 4 nitrogen and oxygen atoms in total. The fourth-order valence-electron chi connectivity index (χ4n) is 4.23. The Labute approximate surface area is 151 Å². The fourth-order valence-corrected chi connectivity index (χ4v) is 4.23. The highest BCUT2D eigenvalue weighted by Gasteiger charge is 2.51. The summed E-state index contributed by atoms with van der Waals surface area (Å²) in [4.78, 5) is 0. The van der Waals surface area contributed by atoms with Gasteiger partial charge in [-0.1, -0.05) is 12.1 Å². The first-order chi connectivity index (χ1) is 12.4. The number of hydrogen-bond donors (Lipinski definition) is 2. The molecule has 142 valence electrons. The molecule has 0 bridgehead atoms. The maximum Gasteiger partial charge on any atom is 0.396 e. The van der Waals surface area contributed by atoms with Crippen LogP contribution in [0.3, 0.4) is 0 Å². The van der Waals surface area contributed by atoms with Crippen LogP contribution in [0.4, 0.5) is 13.2 Å². The van der Waals surface area contributed by atoms with Gasteiger partial charge >= 0.3 is 6.18 Å². The van der Waals surface area contributed by atoms with E-state index < -0.39 is 30.4 Å². The van der Waals surface area contributed by atoms with Gasteiger partial charge in [0.2, 0.25) is 0 Å². The smallest absolute Gasteiger partial charge is 0.396 e. The van der Waals surface area contributed by atoms with Crippen molar-refractivity contribution in [3.05, 3.63) is 35.4 Å². The Hall–Kier alpha value is -1.62. The molecule has 2 heterocycles. The van der Waals surface area contributed by atoms with Crippen LogP contribution in [0.1, 0.15) is 42.7 Å². The molecule has 2 fully saturated rings. The molecule has 0 amide bonds. The van der Waals surface area contributed by atoms with Crippen molar-refractivity contribution in [1.29, 1.82) is 5.26 Å². The number of ether oxygens (including phenoxy) is 1. The third-order valence-electron chi connectivity index (χ3n) is 5.60. The minimum atomic E-state index is -4.51. The zero-order chi connectivity index (χ0) is 18.8. The number of halogens is 3. The molecule has 0 saturated carbocycles. The number of nitrogens with one attached hydrogen (secondary N) is 1. The molecule has 2 aliphatic heterocycles. The summed E-state index contributed by atoms with van der Waals surface area (Å²) in [6.45, 7) is 0.425. The van der Waals surface area contributed by atoms with Crippen LogP contribution in [0, 0.1) is 17.2 Å². The molecule has 1 aromatic rings. The van der Waals surface area contributed by atoms with Gasteiger partial charge in [-0.2, -0.15) is 18.4 Å². The van der Waals surface area contributed by atoms with Crippen LogP contribution < -0.4 is 5.32 Å². The van der Waals surface area contributed by atoms with E-state index in [2.05, 4.69) is 11.4 Å². The Morgan fingerprint density at radius 1 is 1.35 bits per heavy atom. The Morgan fingerprint density at radius 2 is 2.08 bits per heavy atom. The first kappa shape index (κ1) is 19.2. The van der Waals surface area contributed by atoms with Gasteiger partial charge in [-0.25, -0.2) is 0 Å². The zero-order valence-corrected chi connectivity index (χ0v) is 14.4. The van der Waals surface area contributed by atoms with Crippen LogP contribution in [0.15, 0.2) is 24.3 Å². The Bertz CT molecular complexity index is 665. The molecular weight excluding hydrogens is 345 g/mol. The lowest BCUT2D eigenvalue weighted by atomic mass is 9.73. The van der Waals surface area contributed by atoms with E-state index in [1.54, 1.807) is 18.2 Å². The van der Waals surface area contributed by atoms with E-state index in [9.17, 15) is 18.3 Å². The highest BCUT2D eigenvalue weighted by Crippen LogP contribution is 2.47. The van der Waals surface area contributed by atoms with E-state index >= 15 is 0 Å². The zero-order valence-electron chi connectivity index (χ0n) is 14.4. The summed E-state index contributed by atoms with van der Waals surface area (Å²) >= 11 is 0. The van der Waals surface area contributed by atoms with Gasteiger partial charge < -0.3 is 15.2 Å². The van der Waals surface area contributed by atoms with Crippen molar-refractivity contribution in [2.75, 3.05) is 19.7 Å². The third-order valence-corrected chi connectivity index (χ3v) is 5.60. The number of aliphatic hydroxyl groups excluding tert-OH is 1. The van der Waals surface area contributed by atoms with Crippen LogP contribution in [0.5, 0.6) is 0 Å². The summed E-state index contributed by atoms with van der Waals surface area (Å²) in [5, 5.41) is 21.7. The summed E-state index contributed by atoms with van der Waals surface area (Å²) < 4.78 is 46.3. The number of rotatable bonds is 3. The van der Waals surface area contributed by atoms with Gasteiger partial charge in [0.15, 0.2) is 0 Å². The molecule has 3 rings (SSSR count). The average molecular weight is 368 g/mol. The van der Waals surface area contributed by atoms with Crippen molar-refractivity contribution >= 4 is 0 Å². The van der Waals surface area contributed by atoms with Crippen LogP contribution in [0.25, 0.3) is 0 Å². The van der Waals surface area contributed by atoms with Crippen LogP contribution in [-0.2, 0) is 4.74 Å². The molecule has 2 N–H and O–H groups in total. The quantitative estimate of drug-likeness (QED) is 0.860. The number of aliphatic hydroxyl groups is 1. The predicted octanol–water partition coefficient (Wildman–Crippen LogP) is 3.11. The van der Waals surface area contributed by atoms with E-state index in [4.69, 9.17) is 10.00 Å². The van der Waals surface area contributed by atoms with Gasteiger partial charge in [-0.05, 0) is 62.4 Å². The summed E-state index contributed by atoms with van der Waals surface area (Å²) in [7, 11) is 0. The van der Waals surface area contributed by atoms with E-state index in [1.807, 2.05) is 6.07 Å². The SMILES string of the molecule is N#Cc1cccc(C2C[C@H](C(CO)C(F)(F)F)OC3(CCNCC3)C2)c1. The average Bonchev–Trinajstić information content (AvgIpc) is 2.61. The molecule has 0 radical (unpaired) electrons. The molecule has 1 spiro atoms.